The molecule has 0 radical (unpaired) electrons. The van der Waals surface area contributed by atoms with Crippen molar-refractivity contribution in [1.82, 2.24) is 10.2 Å². The molecule has 1 aliphatic rings. The van der Waals surface area contributed by atoms with E-state index in [1.54, 1.807) is 0 Å². The Labute approximate surface area is 107 Å². The summed E-state index contributed by atoms with van der Waals surface area (Å²) in [6, 6.07) is 0. The van der Waals surface area contributed by atoms with Gasteiger partial charge in [-0.25, -0.2) is 0 Å². The highest BCUT2D eigenvalue weighted by molar-refractivity contribution is 5.84. The van der Waals surface area contributed by atoms with Crippen molar-refractivity contribution in [3.05, 3.63) is 0 Å². The fraction of sp³-hybridized carbons (Fsp3) is 0.929. The zero-order valence-electron chi connectivity index (χ0n) is 12.4. The number of aliphatic imine (C=N–C) groups is 1. The van der Waals surface area contributed by atoms with E-state index in [0.717, 1.165) is 32.6 Å². The van der Waals surface area contributed by atoms with Crippen molar-refractivity contribution in [2.24, 2.45) is 10.4 Å². The molecule has 0 atom stereocenters. The molecule has 3 heteroatoms. The van der Waals surface area contributed by atoms with Gasteiger partial charge < -0.3 is 10.2 Å². The first-order valence-corrected chi connectivity index (χ1v) is 6.71. The van der Waals surface area contributed by atoms with E-state index in [2.05, 4.69) is 56.8 Å². The van der Waals surface area contributed by atoms with Crippen molar-refractivity contribution in [3.8, 4) is 0 Å². The van der Waals surface area contributed by atoms with Gasteiger partial charge in [-0.3, -0.25) is 4.99 Å². The molecule has 0 aromatic rings. The van der Waals surface area contributed by atoms with E-state index < -0.39 is 0 Å². The van der Waals surface area contributed by atoms with Crippen LogP contribution in [0.15, 0.2) is 4.99 Å². The average Bonchev–Trinajstić information content (AvgIpc) is 2.47. The lowest BCUT2D eigenvalue weighted by atomic mass is 9.91. The minimum atomic E-state index is 0.209. The molecular weight excluding hydrogens is 210 g/mol. The summed E-state index contributed by atoms with van der Waals surface area (Å²) < 4.78 is 0. The third-order valence-corrected chi connectivity index (χ3v) is 2.75. The van der Waals surface area contributed by atoms with Crippen LogP contribution in [0.2, 0.25) is 0 Å². The molecule has 0 amide bonds. The number of hydrogen-bond acceptors (Lipinski definition) is 3. The molecule has 0 spiro atoms. The molecule has 0 aromatic heterocycles. The lowest BCUT2D eigenvalue weighted by Gasteiger charge is -2.28. The van der Waals surface area contributed by atoms with Gasteiger partial charge in [-0.2, -0.15) is 0 Å². The molecule has 100 valence electrons. The summed E-state index contributed by atoms with van der Waals surface area (Å²) in [4.78, 5) is 7.07. The zero-order chi connectivity index (χ0) is 13.1. The molecule has 1 aliphatic heterocycles. The Morgan fingerprint density at radius 2 is 1.82 bits per heavy atom. The van der Waals surface area contributed by atoms with E-state index in [4.69, 9.17) is 0 Å². The van der Waals surface area contributed by atoms with E-state index in [0.29, 0.717) is 5.41 Å². The van der Waals surface area contributed by atoms with Crippen molar-refractivity contribution in [2.45, 2.75) is 53.5 Å². The average molecular weight is 239 g/mol. The molecular formula is C14H29N3. The molecule has 0 aliphatic carbocycles. The maximum absolute atomic E-state index is 4.63. The monoisotopic (exact) mass is 239 g/mol. The fourth-order valence-electron chi connectivity index (χ4n) is 1.98. The van der Waals surface area contributed by atoms with Gasteiger partial charge >= 0.3 is 0 Å². The maximum atomic E-state index is 4.63. The summed E-state index contributed by atoms with van der Waals surface area (Å²) in [7, 11) is 0. The van der Waals surface area contributed by atoms with Crippen LogP contribution >= 0.6 is 0 Å². The lowest BCUT2D eigenvalue weighted by Crippen LogP contribution is -2.42. The summed E-state index contributed by atoms with van der Waals surface area (Å²) in [6.45, 7) is 17.6. The van der Waals surface area contributed by atoms with Crippen LogP contribution < -0.4 is 5.32 Å². The second kappa shape index (κ2) is 5.38. The van der Waals surface area contributed by atoms with Crippen LogP contribution in [0.3, 0.4) is 0 Å². The Kier molecular flexibility index (Phi) is 4.59. The first kappa shape index (κ1) is 14.5. The minimum absolute atomic E-state index is 0.209. The Balaban J connectivity index is 2.37. The van der Waals surface area contributed by atoms with Gasteiger partial charge in [-0.05, 0) is 26.2 Å². The Morgan fingerprint density at radius 1 is 1.18 bits per heavy atom. The van der Waals surface area contributed by atoms with Crippen molar-refractivity contribution >= 4 is 5.84 Å². The first-order valence-electron chi connectivity index (χ1n) is 6.71. The largest absolute Gasteiger partial charge is 0.357 e. The van der Waals surface area contributed by atoms with Crippen molar-refractivity contribution in [2.75, 3.05) is 26.2 Å². The van der Waals surface area contributed by atoms with Crippen LogP contribution in [0.25, 0.3) is 0 Å². The van der Waals surface area contributed by atoms with Crippen LogP contribution in [-0.2, 0) is 0 Å². The molecule has 0 aromatic carbocycles. The van der Waals surface area contributed by atoms with Gasteiger partial charge in [-0.15, -0.1) is 0 Å². The third kappa shape index (κ3) is 6.06. The summed E-state index contributed by atoms with van der Waals surface area (Å²) >= 11 is 0. The van der Waals surface area contributed by atoms with Crippen molar-refractivity contribution < 1.29 is 0 Å². The molecule has 1 N–H and O–H groups in total. The van der Waals surface area contributed by atoms with Gasteiger partial charge in [0.15, 0.2) is 0 Å². The molecule has 0 bridgehead atoms. The second-order valence-corrected chi connectivity index (χ2v) is 7.20. The van der Waals surface area contributed by atoms with Crippen LogP contribution in [-0.4, -0.2) is 42.5 Å². The molecule has 0 unspecified atom stereocenters. The van der Waals surface area contributed by atoms with Gasteiger partial charge in [0.05, 0.1) is 12.4 Å². The van der Waals surface area contributed by atoms with Gasteiger partial charge in [0.25, 0.3) is 0 Å². The highest BCUT2D eigenvalue weighted by Crippen LogP contribution is 2.22. The smallest absolute Gasteiger partial charge is 0.0996 e. The molecule has 0 saturated carbocycles. The van der Waals surface area contributed by atoms with Crippen molar-refractivity contribution in [1.29, 1.82) is 0 Å². The Hall–Kier alpha value is -0.570. The molecule has 0 fully saturated rings. The fourth-order valence-corrected chi connectivity index (χ4v) is 1.98. The van der Waals surface area contributed by atoms with Gasteiger partial charge in [0.1, 0.15) is 0 Å². The lowest BCUT2D eigenvalue weighted by molar-refractivity contribution is 0.358. The molecule has 0 saturated heterocycles. The summed E-state index contributed by atoms with van der Waals surface area (Å²) in [5.74, 6) is 1.30. The van der Waals surface area contributed by atoms with E-state index in [9.17, 15) is 0 Å². The van der Waals surface area contributed by atoms with Crippen LogP contribution in [0.5, 0.6) is 0 Å². The zero-order valence-corrected chi connectivity index (χ0v) is 12.4. The standard InChI is InChI=1S/C14H29N3/c1-13(2,3)11-12-15-7-9-17(12)10-8-16-14(4,5)6/h16H,7-11H2,1-6H3. The molecule has 3 nitrogen and oxygen atoms in total. The maximum Gasteiger partial charge on any atom is 0.0996 e. The Bertz CT molecular complexity index is 268. The number of nitrogens with one attached hydrogen (secondary N) is 1. The van der Waals surface area contributed by atoms with Gasteiger partial charge in [0, 0.05) is 31.6 Å². The summed E-state index contributed by atoms with van der Waals surface area (Å²) in [6.07, 6.45) is 1.09. The highest BCUT2D eigenvalue weighted by Gasteiger charge is 2.22. The van der Waals surface area contributed by atoms with E-state index in [1.165, 1.54) is 5.84 Å². The van der Waals surface area contributed by atoms with Crippen LogP contribution in [0, 0.1) is 5.41 Å². The highest BCUT2D eigenvalue weighted by atomic mass is 15.2. The van der Waals surface area contributed by atoms with Crippen molar-refractivity contribution in [3.63, 3.8) is 0 Å². The van der Waals surface area contributed by atoms with E-state index in [1.807, 2.05) is 0 Å². The number of nitrogens with zero attached hydrogens (tertiary/aromatic N) is 2. The van der Waals surface area contributed by atoms with E-state index in [-0.39, 0.29) is 5.54 Å². The first-order chi connectivity index (χ1) is 7.67. The minimum Gasteiger partial charge on any atom is -0.357 e. The molecule has 17 heavy (non-hydrogen) atoms. The predicted octanol–water partition coefficient (Wildman–Crippen LogP) is 2.52. The summed E-state index contributed by atoms with van der Waals surface area (Å²) in [5, 5.41) is 3.54. The normalized spacial score (nSPS) is 17.5. The topological polar surface area (TPSA) is 27.6 Å². The number of hydrogen-bond donors (Lipinski definition) is 1. The second-order valence-electron chi connectivity index (χ2n) is 7.20. The van der Waals surface area contributed by atoms with Gasteiger partial charge in [-0.1, -0.05) is 20.8 Å². The number of rotatable bonds is 4. The molecule has 1 heterocycles. The van der Waals surface area contributed by atoms with Crippen LogP contribution in [0.1, 0.15) is 48.0 Å². The molecule has 1 rings (SSSR count). The van der Waals surface area contributed by atoms with E-state index >= 15 is 0 Å². The third-order valence-electron chi connectivity index (χ3n) is 2.75. The quantitative estimate of drug-likeness (QED) is 0.816. The Morgan fingerprint density at radius 3 is 2.35 bits per heavy atom. The van der Waals surface area contributed by atoms with Gasteiger partial charge in [0.2, 0.25) is 0 Å². The SMILES string of the molecule is CC(C)(C)CC1=NCCN1CCNC(C)(C)C. The van der Waals surface area contributed by atoms with Crippen LogP contribution in [0.4, 0.5) is 0 Å². The summed E-state index contributed by atoms with van der Waals surface area (Å²) in [5.41, 5.74) is 0.542. The predicted molar refractivity (Wildman–Crippen MR) is 75.7 cm³/mol. The number of amidine groups is 1.